The monoisotopic (exact) mass is 251 g/mol. The maximum Gasteiger partial charge on any atom is 0.306 e. The van der Waals surface area contributed by atoms with Crippen molar-refractivity contribution in [3.8, 4) is 0 Å². The van der Waals surface area contributed by atoms with E-state index < -0.39 is 5.97 Å². The van der Waals surface area contributed by atoms with Crippen molar-refractivity contribution in [2.24, 2.45) is 11.8 Å². The smallest absolute Gasteiger partial charge is 0.306 e. The van der Waals surface area contributed by atoms with Gasteiger partial charge in [-0.15, -0.1) is 0 Å². The van der Waals surface area contributed by atoms with Crippen molar-refractivity contribution >= 4 is 5.97 Å². The predicted molar refractivity (Wildman–Crippen MR) is 68.2 cm³/mol. The number of furan rings is 1. The van der Waals surface area contributed by atoms with Crippen molar-refractivity contribution in [2.75, 3.05) is 6.54 Å². The van der Waals surface area contributed by atoms with Gasteiger partial charge >= 0.3 is 5.97 Å². The molecule has 4 heteroatoms. The number of nitrogens with one attached hydrogen (secondary N) is 1. The minimum Gasteiger partial charge on any atom is -0.481 e. The molecular weight excluding hydrogens is 230 g/mol. The second kappa shape index (κ2) is 6.05. The molecule has 1 atom stereocenters. The molecule has 2 N–H and O–H groups in total. The molecular formula is C14H21NO3. The summed E-state index contributed by atoms with van der Waals surface area (Å²) in [6.45, 7) is 3.02. The zero-order chi connectivity index (χ0) is 13.0. The lowest BCUT2D eigenvalue weighted by Gasteiger charge is -2.27. The van der Waals surface area contributed by atoms with Crippen LogP contribution >= 0.6 is 0 Å². The van der Waals surface area contributed by atoms with Crippen molar-refractivity contribution in [1.29, 1.82) is 0 Å². The van der Waals surface area contributed by atoms with Gasteiger partial charge < -0.3 is 14.8 Å². The number of aliphatic carboxylic acids is 1. The first-order chi connectivity index (χ1) is 8.66. The second-order valence-electron chi connectivity index (χ2n) is 5.20. The largest absolute Gasteiger partial charge is 0.481 e. The standard InChI is InChI=1S/C14H21NO3/c1-10(13-3-2-8-18-13)15-9-11-4-6-12(7-5-11)14(16)17/h2-3,8,10-12,15H,4-7,9H2,1H3,(H,16,17). The van der Waals surface area contributed by atoms with Gasteiger partial charge in [-0.05, 0) is 57.2 Å². The van der Waals surface area contributed by atoms with Gasteiger partial charge in [-0.1, -0.05) is 0 Å². The number of rotatable bonds is 5. The van der Waals surface area contributed by atoms with Gasteiger partial charge in [-0.2, -0.15) is 0 Å². The molecule has 0 bridgehead atoms. The third-order valence-corrected chi connectivity index (χ3v) is 3.88. The van der Waals surface area contributed by atoms with Gasteiger partial charge in [0.15, 0.2) is 0 Å². The molecule has 0 spiro atoms. The summed E-state index contributed by atoms with van der Waals surface area (Å²) in [4.78, 5) is 10.9. The van der Waals surface area contributed by atoms with Crippen molar-refractivity contribution < 1.29 is 14.3 Å². The zero-order valence-electron chi connectivity index (χ0n) is 10.8. The molecule has 100 valence electrons. The van der Waals surface area contributed by atoms with E-state index in [4.69, 9.17) is 9.52 Å². The van der Waals surface area contributed by atoms with E-state index in [-0.39, 0.29) is 12.0 Å². The average molecular weight is 251 g/mol. The first kappa shape index (κ1) is 13.1. The first-order valence-corrected chi connectivity index (χ1v) is 6.66. The van der Waals surface area contributed by atoms with Gasteiger partial charge in [-0.3, -0.25) is 4.79 Å². The van der Waals surface area contributed by atoms with E-state index in [2.05, 4.69) is 12.2 Å². The Hall–Kier alpha value is -1.29. The van der Waals surface area contributed by atoms with Gasteiger partial charge in [0.2, 0.25) is 0 Å². The Bertz CT molecular complexity index is 366. The molecule has 1 aromatic heterocycles. The number of carboxylic acids is 1. The third kappa shape index (κ3) is 3.35. The minimum absolute atomic E-state index is 0.122. The van der Waals surface area contributed by atoms with Gasteiger partial charge in [0.1, 0.15) is 5.76 Å². The van der Waals surface area contributed by atoms with E-state index >= 15 is 0 Å². The fourth-order valence-corrected chi connectivity index (χ4v) is 2.60. The van der Waals surface area contributed by atoms with Crippen LogP contribution < -0.4 is 5.32 Å². The summed E-state index contributed by atoms with van der Waals surface area (Å²) >= 11 is 0. The summed E-state index contributed by atoms with van der Waals surface area (Å²) in [7, 11) is 0. The molecule has 0 aliphatic heterocycles. The van der Waals surface area contributed by atoms with E-state index in [0.29, 0.717) is 5.92 Å². The Morgan fingerprint density at radius 3 is 2.78 bits per heavy atom. The molecule has 2 rings (SSSR count). The van der Waals surface area contributed by atoms with Crippen LogP contribution in [-0.4, -0.2) is 17.6 Å². The summed E-state index contributed by atoms with van der Waals surface area (Å²) in [5.41, 5.74) is 0. The third-order valence-electron chi connectivity index (χ3n) is 3.88. The molecule has 1 aliphatic rings. The Labute approximate surface area is 107 Å². The van der Waals surface area contributed by atoms with Gasteiger partial charge in [0, 0.05) is 0 Å². The van der Waals surface area contributed by atoms with Gasteiger partial charge in [-0.25, -0.2) is 0 Å². The normalized spacial score (nSPS) is 25.8. The van der Waals surface area contributed by atoms with Gasteiger partial charge in [0.05, 0.1) is 18.2 Å². The van der Waals surface area contributed by atoms with Crippen LogP contribution in [0.15, 0.2) is 22.8 Å². The Morgan fingerprint density at radius 1 is 1.50 bits per heavy atom. The zero-order valence-corrected chi connectivity index (χ0v) is 10.8. The Morgan fingerprint density at radius 2 is 2.22 bits per heavy atom. The van der Waals surface area contributed by atoms with E-state index in [1.54, 1.807) is 6.26 Å². The molecule has 4 nitrogen and oxygen atoms in total. The maximum absolute atomic E-state index is 10.9. The van der Waals surface area contributed by atoms with Crippen LogP contribution in [0.25, 0.3) is 0 Å². The minimum atomic E-state index is -0.634. The summed E-state index contributed by atoms with van der Waals surface area (Å²) in [5, 5.41) is 12.4. The second-order valence-corrected chi connectivity index (χ2v) is 5.20. The lowest BCUT2D eigenvalue weighted by Crippen LogP contribution is -2.30. The lowest BCUT2D eigenvalue weighted by atomic mass is 9.82. The summed E-state index contributed by atoms with van der Waals surface area (Å²) in [5.74, 6) is 0.793. The van der Waals surface area contributed by atoms with Crippen molar-refractivity contribution in [3.63, 3.8) is 0 Å². The van der Waals surface area contributed by atoms with Crippen LogP contribution in [0.3, 0.4) is 0 Å². The summed E-state index contributed by atoms with van der Waals surface area (Å²) in [6.07, 6.45) is 5.34. The van der Waals surface area contributed by atoms with E-state index in [1.807, 2.05) is 12.1 Å². The molecule has 1 aliphatic carbocycles. The van der Waals surface area contributed by atoms with Gasteiger partial charge in [0.25, 0.3) is 0 Å². The van der Waals surface area contributed by atoms with Crippen LogP contribution in [0.1, 0.15) is 44.4 Å². The molecule has 1 saturated carbocycles. The summed E-state index contributed by atoms with van der Waals surface area (Å²) in [6, 6.07) is 4.09. The SMILES string of the molecule is CC(NCC1CCC(C(=O)O)CC1)c1ccco1. The summed E-state index contributed by atoms with van der Waals surface area (Å²) < 4.78 is 5.34. The molecule has 1 heterocycles. The van der Waals surface area contributed by atoms with Crippen molar-refractivity contribution in [3.05, 3.63) is 24.2 Å². The van der Waals surface area contributed by atoms with Crippen LogP contribution in [0, 0.1) is 11.8 Å². The van der Waals surface area contributed by atoms with Crippen LogP contribution in [0.4, 0.5) is 0 Å². The van der Waals surface area contributed by atoms with Crippen LogP contribution in [0.2, 0.25) is 0 Å². The van der Waals surface area contributed by atoms with Crippen LogP contribution in [0.5, 0.6) is 0 Å². The lowest BCUT2D eigenvalue weighted by molar-refractivity contribution is -0.143. The molecule has 0 saturated heterocycles. The van der Waals surface area contributed by atoms with E-state index in [9.17, 15) is 4.79 Å². The van der Waals surface area contributed by atoms with E-state index in [0.717, 1.165) is 38.0 Å². The topological polar surface area (TPSA) is 62.5 Å². The predicted octanol–water partition coefficient (Wildman–Crippen LogP) is 2.82. The Balaban J connectivity index is 1.71. The highest BCUT2D eigenvalue weighted by atomic mass is 16.4. The molecule has 1 unspecified atom stereocenters. The first-order valence-electron chi connectivity index (χ1n) is 6.66. The van der Waals surface area contributed by atoms with Crippen LogP contribution in [-0.2, 0) is 4.79 Å². The highest BCUT2D eigenvalue weighted by molar-refractivity contribution is 5.69. The molecule has 0 aromatic carbocycles. The highest BCUT2D eigenvalue weighted by Crippen LogP contribution is 2.28. The Kier molecular flexibility index (Phi) is 4.42. The maximum atomic E-state index is 10.9. The number of hydrogen-bond donors (Lipinski definition) is 2. The molecule has 1 aromatic rings. The quantitative estimate of drug-likeness (QED) is 0.844. The highest BCUT2D eigenvalue weighted by Gasteiger charge is 2.25. The average Bonchev–Trinajstić information content (AvgIpc) is 2.90. The van der Waals surface area contributed by atoms with E-state index in [1.165, 1.54) is 0 Å². The molecule has 0 radical (unpaired) electrons. The number of carbonyl (C=O) groups is 1. The number of carboxylic acid groups (broad SMARTS) is 1. The van der Waals surface area contributed by atoms with Crippen molar-refractivity contribution in [1.82, 2.24) is 5.32 Å². The van der Waals surface area contributed by atoms with Crippen molar-refractivity contribution in [2.45, 2.75) is 38.6 Å². The molecule has 1 fully saturated rings. The fraction of sp³-hybridized carbons (Fsp3) is 0.643. The molecule has 0 amide bonds. The molecule has 18 heavy (non-hydrogen) atoms. The number of hydrogen-bond acceptors (Lipinski definition) is 3. The fourth-order valence-electron chi connectivity index (χ4n) is 2.60.